The molecule has 1 atom stereocenters. The molecule has 2 aromatic carbocycles. The van der Waals surface area contributed by atoms with Crippen molar-refractivity contribution in [2.45, 2.75) is 29.7 Å². The van der Waals surface area contributed by atoms with E-state index in [1.807, 2.05) is 38.1 Å². The minimum absolute atomic E-state index is 0.0241. The normalized spacial score (nSPS) is 17.2. The Kier molecular flexibility index (Phi) is 6.38. The molecule has 0 spiro atoms. The lowest BCUT2D eigenvalue weighted by molar-refractivity contribution is 0.124. The highest BCUT2D eigenvalue weighted by atomic mass is 32.2. The summed E-state index contributed by atoms with van der Waals surface area (Å²) in [5, 5.41) is 9.16. The van der Waals surface area contributed by atoms with Gasteiger partial charge in [-0.2, -0.15) is 9.29 Å². The van der Waals surface area contributed by atoms with E-state index in [1.54, 1.807) is 0 Å². The molecule has 33 heavy (non-hydrogen) atoms. The Bertz CT molecular complexity index is 1330. The quantitative estimate of drug-likeness (QED) is 0.550. The predicted octanol–water partition coefficient (Wildman–Crippen LogP) is 1.76. The highest BCUT2D eigenvalue weighted by Crippen LogP contribution is 2.26. The summed E-state index contributed by atoms with van der Waals surface area (Å²) >= 11 is 0. The number of aryl methyl sites for hydroxylation is 1. The van der Waals surface area contributed by atoms with Crippen LogP contribution in [0.5, 0.6) is 0 Å². The minimum Gasteiger partial charge on any atom is -0.337 e. The lowest BCUT2D eigenvalue weighted by Crippen LogP contribution is -2.49. The molecule has 0 unspecified atom stereocenters. The molecule has 4 rings (SSSR count). The number of sulfonamides is 2. The van der Waals surface area contributed by atoms with Crippen LogP contribution in [0.4, 0.5) is 0 Å². The van der Waals surface area contributed by atoms with E-state index in [-0.39, 0.29) is 28.9 Å². The van der Waals surface area contributed by atoms with Gasteiger partial charge in [0.2, 0.25) is 31.8 Å². The number of hydrogen-bond donors (Lipinski definition) is 1. The van der Waals surface area contributed by atoms with Gasteiger partial charge in [-0.25, -0.2) is 22.0 Å². The molecule has 1 aliphatic heterocycles. The molecule has 0 radical (unpaired) electrons. The summed E-state index contributed by atoms with van der Waals surface area (Å²) in [4.78, 5) is 6.49. The molecule has 1 fully saturated rings. The minimum atomic E-state index is -3.89. The number of hydrogen-bond acceptors (Lipinski definition) is 8. The van der Waals surface area contributed by atoms with E-state index in [0.29, 0.717) is 24.8 Å². The largest absolute Gasteiger partial charge is 0.337 e. The van der Waals surface area contributed by atoms with E-state index in [0.717, 1.165) is 11.1 Å². The van der Waals surface area contributed by atoms with Gasteiger partial charge in [-0.1, -0.05) is 35.0 Å². The van der Waals surface area contributed by atoms with Crippen LogP contribution in [0.15, 0.2) is 62.8 Å². The Morgan fingerprint density at radius 3 is 2.06 bits per heavy atom. The maximum absolute atomic E-state index is 13.0. The fraction of sp³-hybridized carbons (Fsp3) is 0.333. The number of nitrogens with two attached hydrogens (primary N) is 1. The van der Waals surface area contributed by atoms with Gasteiger partial charge in [-0.15, -0.1) is 0 Å². The molecule has 0 aliphatic carbocycles. The maximum atomic E-state index is 13.0. The first kappa shape index (κ1) is 23.5. The van der Waals surface area contributed by atoms with Crippen molar-refractivity contribution in [1.29, 1.82) is 0 Å². The summed E-state index contributed by atoms with van der Waals surface area (Å²) in [6.07, 6.45) is 0. The van der Waals surface area contributed by atoms with Crippen LogP contribution in [0.1, 0.15) is 24.4 Å². The van der Waals surface area contributed by atoms with E-state index >= 15 is 0 Å². The number of nitrogens with zero attached hydrogens (tertiary/aromatic N) is 4. The molecule has 3 aromatic rings. The second kappa shape index (κ2) is 8.95. The smallest absolute Gasteiger partial charge is 0.244 e. The molecule has 1 aliphatic rings. The summed E-state index contributed by atoms with van der Waals surface area (Å²) in [7, 11) is -7.64. The van der Waals surface area contributed by atoms with Crippen LogP contribution in [0.2, 0.25) is 0 Å². The first-order chi connectivity index (χ1) is 15.6. The van der Waals surface area contributed by atoms with Crippen molar-refractivity contribution in [3.63, 3.8) is 0 Å². The zero-order valence-corrected chi connectivity index (χ0v) is 19.9. The number of rotatable bonds is 6. The molecule has 0 saturated carbocycles. The lowest BCUT2D eigenvalue weighted by atomic mass is 10.1. The van der Waals surface area contributed by atoms with Gasteiger partial charge in [-0.05, 0) is 38.1 Å². The second-order valence-corrected chi connectivity index (χ2v) is 11.5. The van der Waals surface area contributed by atoms with Crippen LogP contribution < -0.4 is 5.14 Å². The van der Waals surface area contributed by atoms with E-state index in [2.05, 4.69) is 15.0 Å². The number of benzene rings is 2. The summed E-state index contributed by atoms with van der Waals surface area (Å²) < 4.78 is 55.6. The molecule has 2 heterocycles. The third kappa shape index (κ3) is 4.99. The molecule has 1 saturated heterocycles. The second-order valence-electron chi connectivity index (χ2n) is 7.95. The van der Waals surface area contributed by atoms with Crippen molar-refractivity contribution in [3.05, 3.63) is 60.0 Å². The van der Waals surface area contributed by atoms with Crippen molar-refractivity contribution in [3.8, 4) is 11.4 Å². The van der Waals surface area contributed by atoms with Crippen LogP contribution in [0, 0.1) is 6.92 Å². The third-order valence-corrected chi connectivity index (χ3v) is 8.56. The van der Waals surface area contributed by atoms with Crippen LogP contribution in [0.3, 0.4) is 0 Å². The monoisotopic (exact) mass is 491 g/mol. The van der Waals surface area contributed by atoms with E-state index in [9.17, 15) is 16.8 Å². The van der Waals surface area contributed by atoms with Gasteiger partial charge in [0, 0.05) is 31.7 Å². The van der Waals surface area contributed by atoms with Gasteiger partial charge in [0.05, 0.1) is 15.8 Å². The molecule has 2 N–H and O–H groups in total. The van der Waals surface area contributed by atoms with E-state index in [1.165, 1.54) is 28.6 Å². The zero-order chi connectivity index (χ0) is 23.8. The Balaban J connectivity index is 1.41. The Labute approximate surface area is 193 Å². The van der Waals surface area contributed by atoms with Crippen molar-refractivity contribution >= 4 is 20.0 Å². The van der Waals surface area contributed by atoms with Crippen LogP contribution >= 0.6 is 0 Å². The van der Waals surface area contributed by atoms with Gasteiger partial charge in [0.15, 0.2) is 0 Å². The number of aromatic nitrogens is 2. The van der Waals surface area contributed by atoms with Crippen molar-refractivity contribution in [1.82, 2.24) is 19.3 Å². The first-order valence-corrected chi connectivity index (χ1v) is 13.3. The van der Waals surface area contributed by atoms with Gasteiger partial charge in [0.1, 0.15) is 0 Å². The van der Waals surface area contributed by atoms with E-state index < -0.39 is 20.0 Å². The van der Waals surface area contributed by atoms with Crippen molar-refractivity contribution < 1.29 is 21.4 Å². The average molecular weight is 492 g/mol. The Morgan fingerprint density at radius 1 is 0.909 bits per heavy atom. The molecule has 0 bridgehead atoms. The summed E-state index contributed by atoms with van der Waals surface area (Å²) in [5.74, 6) is 0.987. The summed E-state index contributed by atoms with van der Waals surface area (Å²) in [6.45, 7) is 5.48. The topological polar surface area (TPSA) is 140 Å². The van der Waals surface area contributed by atoms with Gasteiger partial charge < -0.3 is 4.52 Å². The molecule has 12 heteroatoms. The summed E-state index contributed by atoms with van der Waals surface area (Å²) in [5.41, 5.74) is 2.01. The highest BCUT2D eigenvalue weighted by Gasteiger charge is 2.32. The predicted molar refractivity (Wildman–Crippen MR) is 121 cm³/mol. The maximum Gasteiger partial charge on any atom is 0.244 e. The summed E-state index contributed by atoms with van der Waals surface area (Å²) in [6, 6.07) is 12.6. The van der Waals surface area contributed by atoms with Crippen molar-refractivity contribution in [2.75, 3.05) is 26.2 Å². The SMILES string of the molecule is Cc1ccc(-c2noc([C@H](C)N3CCN(S(=O)(=O)c4ccc(S(N)(=O)=O)cc4)CC3)n2)cc1. The molecule has 0 amide bonds. The van der Waals surface area contributed by atoms with Gasteiger partial charge in [-0.3, -0.25) is 4.90 Å². The highest BCUT2D eigenvalue weighted by molar-refractivity contribution is 7.89. The van der Waals surface area contributed by atoms with Gasteiger partial charge in [0.25, 0.3) is 0 Å². The van der Waals surface area contributed by atoms with Crippen LogP contribution in [0.25, 0.3) is 11.4 Å². The molecule has 176 valence electrons. The van der Waals surface area contributed by atoms with Gasteiger partial charge >= 0.3 is 0 Å². The molecule has 1 aromatic heterocycles. The Hall–Kier alpha value is -2.64. The fourth-order valence-electron chi connectivity index (χ4n) is 3.66. The van der Waals surface area contributed by atoms with Crippen LogP contribution in [-0.2, 0) is 20.0 Å². The standard InChI is InChI=1S/C21H25N5O5S2/c1-15-3-5-17(6-4-15)20-23-21(31-24-20)16(2)25-11-13-26(14-12-25)33(29,30)19-9-7-18(8-10-19)32(22,27)28/h3-10,16H,11-14H2,1-2H3,(H2,22,27,28)/t16-/m0/s1. The van der Waals surface area contributed by atoms with Crippen molar-refractivity contribution in [2.24, 2.45) is 5.14 Å². The fourth-order valence-corrected chi connectivity index (χ4v) is 5.60. The number of piperazine rings is 1. The molecular formula is C21H25N5O5S2. The molecular weight excluding hydrogens is 466 g/mol. The first-order valence-electron chi connectivity index (χ1n) is 10.3. The van der Waals surface area contributed by atoms with E-state index in [4.69, 9.17) is 9.66 Å². The number of primary sulfonamides is 1. The third-order valence-electron chi connectivity index (χ3n) is 5.72. The molecule has 10 nitrogen and oxygen atoms in total. The zero-order valence-electron chi connectivity index (χ0n) is 18.2. The Morgan fingerprint density at radius 2 is 1.48 bits per heavy atom. The average Bonchev–Trinajstić information content (AvgIpc) is 3.29. The van der Waals surface area contributed by atoms with Crippen LogP contribution in [-0.4, -0.2) is 62.4 Å². The lowest BCUT2D eigenvalue weighted by Gasteiger charge is -2.36.